The zero-order valence-electron chi connectivity index (χ0n) is 18.2. The normalized spacial score (nSPS) is 28.7. The second kappa shape index (κ2) is 7.77. The Kier molecular flexibility index (Phi) is 5.24. The van der Waals surface area contributed by atoms with Gasteiger partial charge in [0.2, 0.25) is 5.91 Å². The molecule has 2 N–H and O–H groups in total. The standard InChI is InChI=1S/C23H35N5O2/c1-2-25-8-10-26(11-9-25)15-18-4-5-20-19-12-17(14-28(20)21(18)29)13-27(16-19)22(30)23(24)6-3-7-23/h4-5,17,19H,2-3,6-16,24H2,1H3/t17-,19+/m0/s1. The van der Waals surface area contributed by atoms with E-state index in [1.807, 2.05) is 15.5 Å². The molecular formula is C23H35N5O2. The molecule has 4 heterocycles. The second-order valence-electron chi connectivity index (χ2n) is 9.93. The van der Waals surface area contributed by atoms with Gasteiger partial charge in [0.05, 0.1) is 5.54 Å². The van der Waals surface area contributed by atoms with Gasteiger partial charge in [-0.15, -0.1) is 0 Å². The van der Waals surface area contributed by atoms with Gasteiger partial charge in [-0.2, -0.15) is 0 Å². The Morgan fingerprint density at radius 3 is 2.50 bits per heavy atom. The molecule has 5 rings (SSSR count). The molecule has 0 spiro atoms. The molecule has 3 aliphatic heterocycles. The number of likely N-dealkylation sites (N-methyl/N-ethyl adjacent to an activating group) is 1. The van der Waals surface area contributed by atoms with Crippen LogP contribution in [-0.4, -0.2) is 76.5 Å². The van der Waals surface area contributed by atoms with Crippen LogP contribution in [0, 0.1) is 5.92 Å². The summed E-state index contributed by atoms with van der Waals surface area (Å²) in [6, 6.07) is 4.19. The Bertz CT molecular complexity index is 869. The third kappa shape index (κ3) is 3.51. The summed E-state index contributed by atoms with van der Waals surface area (Å²) in [5, 5.41) is 0. The minimum Gasteiger partial charge on any atom is -0.340 e. The van der Waals surface area contributed by atoms with Gasteiger partial charge < -0.3 is 20.1 Å². The fourth-order valence-corrected chi connectivity index (χ4v) is 5.87. The lowest BCUT2D eigenvalue weighted by molar-refractivity contribution is -0.143. The number of hydrogen-bond donors (Lipinski definition) is 1. The molecule has 1 aromatic rings. The molecule has 1 saturated carbocycles. The number of carbonyl (C=O) groups excluding carboxylic acids is 1. The first kappa shape index (κ1) is 20.2. The average Bonchev–Trinajstić information content (AvgIpc) is 2.74. The number of nitrogens with zero attached hydrogens (tertiary/aromatic N) is 4. The smallest absolute Gasteiger partial charge is 0.255 e. The molecule has 2 atom stereocenters. The van der Waals surface area contributed by atoms with E-state index in [1.54, 1.807) is 0 Å². The molecule has 0 aromatic carbocycles. The van der Waals surface area contributed by atoms with Crippen LogP contribution in [0.2, 0.25) is 0 Å². The van der Waals surface area contributed by atoms with E-state index in [4.69, 9.17) is 5.73 Å². The number of amides is 1. The summed E-state index contributed by atoms with van der Waals surface area (Å²) < 4.78 is 2.01. The van der Waals surface area contributed by atoms with E-state index in [1.165, 1.54) is 0 Å². The molecule has 164 valence electrons. The van der Waals surface area contributed by atoms with Crippen LogP contribution in [0.1, 0.15) is 49.8 Å². The van der Waals surface area contributed by atoms with Gasteiger partial charge in [0.1, 0.15) is 0 Å². The lowest BCUT2D eigenvalue weighted by atomic mass is 9.75. The predicted octanol–water partition coefficient (Wildman–Crippen LogP) is 0.813. The maximum Gasteiger partial charge on any atom is 0.255 e. The first-order valence-corrected chi connectivity index (χ1v) is 11.7. The van der Waals surface area contributed by atoms with Crippen LogP contribution in [0.25, 0.3) is 0 Å². The summed E-state index contributed by atoms with van der Waals surface area (Å²) in [5.74, 6) is 0.729. The average molecular weight is 414 g/mol. The zero-order chi connectivity index (χ0) is 20.9. The Balaban J connectivity index is 1.31. The number of aromatic nitrogens is 1. The first-order chi connectivity index (χ1) is 14.5. The number of carbonyl (C=O) groups is 1. The van der Waals surface area contributed by atoms with Crippen molar-refractivity contribution >= 4 is 5.91 Å². The third-order valence-electron chi connectivity index (χ3n) is 7.95. The highest BCUT2D eigenvalue weighted by molar-refractivity contribution is 5.87. The lowest BCUT2D eigenvalue weighted by Gasteiger charge is -2.47. The molecular weight excluding hydrogens is 378 g/mol. The number of rotatable bonds is 4. The monoisotopic (exact) mass is 413 g/mol. The molecule has 0 unspecified atom stereocenters. The summed E-state index contributed by atoms with van der Waals surface area (Å²) in [5.41, 5.74) is 7.88. The van der Waals surface area contributed by atoms with E-state index in [-0.39, 0.29) is 17.4 Å². The highest BCUT2D eigenvalue weighted by atomic mass is 16.2. The van der Waals surface area contributed by atoms with Crippen molar-refractivity contribution in [2.24, 2.45) is 11.7 Å². The van der Waals surface area contributed by atoms with Crippen LogP contribution in [-0.2, 0) is 17.9 Å². The molecule has 2 saturated heterocycles. The van der Waals surface area contributed by atoms with Crippen molar-refractivity contribution in [2.75, 3.05) is 45.8 Å². The third-order valence-corrected chi connectivity index (χ3v) is 7.95. The fraction of sp³-hybridized carbons (Fsp3) is 0.739. The van der Waals surface area contributed by atoms with Crippen molar-refractivity contribution in [2.45, 2.75) is 57.2 Å². The van der Waals surface area contributed by atoms with E-state index in [9.17, 15) is 9.59 Å². The quantitative estimate of drug-likeness (QED) is 0.791. The molecule has 30 heavy (non-hydrogen) atoms. The Morgan fingerprint density at radius 1 is 1.10 bits per heavy atom. The van der Waals surface area contributed by atoms with Crippen molar-refractivity contribution in [3.63, 3.8) is 0 Å². The SMILES string of the molecule is CCN1CCN(Cc2ccc3n(c2=O)C[C@H]2C[C@@H]3CN(C(=O)C3(N)CCC3)C2)CC1. The van der Waals surface area contributed by atoms with Crippen LogP contribution in [0.5, 0.6) is 0 Å². The second-order valence-corrected chi connectivity index (χ2v) is 9.93. The molecule has 4 aliphatic rings. The highest BCUT2D eigenvalue weighted by Crippen LogP contribution is 2.38. The predicted molar refractivity (Wildman–Crippen MR) is 116 cm³/mol. The largest absolute Gasteiger partial charge is 0.340 e. The number of pyridine rings is 1. The van der Waals surface area contributed by atoms with Gasteiger partial charge in [-0.25, -0.2) is 0 Å². The maximum atomic E-state index is 13.3. The Morgan fingerprint density at radius 2 is 1.83 bits per heavy atom. The molecule has 1 aromatic heterocycles. The van der Waals surface area contributed by atoms with Gasteiger partial charge in [-0.05, 0) is 44.2 Å². The van der Waals surface area contributed by atoms with Crippen molar-refractivity contribution in [3.05, 3.63) is 33.7 Å². The Labute approximate surface area is 178 Å². The van der Waals surface area contributed by atoms with Gasteiger partial charge in [0.15, 0.2) is 0 Å². The zero-order valence-corrected chi connectivity index (χ0v) is 18.2. The van der Waals surface area contributed by atoms with E-state index < -0.39 is 5.54 Å². The van der Waals surface area contributed by atoms with Crippen molar-refractivity contribution in [1.82, 2.24) is 19.3 Å². The number of piperazine rings is 1. The van der Waals surface area contributed by atoms with Gasteiger partial charge in [0.25, 0.3) is 5.56 Å². The minimum absolute atomic E-state index is 0.127. The molecule has 1 amide bonds. The van der Waals surface area contributed by atoms with E-state index in [2.05, 4.69) is 22.8 Å². The van der Waals surface area contributed by atoms with Gasteiger partial charge >= 0.3 is 0 Å². The summed E-state index contributed by atoms with van der Waals surface area (Å²) in [6.07, 6.45) is 3.74. The van der Waals surface area contributed by atoms with Gasteiger partial charge in [-0.3, -0.25) is 14.5 Å². The topological polar surface area (TPSA) is 74.8 Å². The molecule has 3 fully saturated rings. The molecule has 0 radical (unpaired) electrons. The van der Waals surface area contributed by atoms with Crippen LogP contribution in [0.15, 0.2) is 16.9 Å². The molecule has 2 bridgehead atoms. The summed E-state index contributed by atoms with van der Waals surface area (Å²) >= 11 is 0. The number of piperidine rings is 1. The van der Waals surface area contributed by atoms with Crippen molar-refractivity contribution < 1.29 is 4.79 Å². The van der Waals surface area contributed by atoms with Crippen molar-refractivity contribution in [3.8, 4) is 0 Å². The molecule has 7 nitrogen and oxygen atoms in total. The van der Waals surface area contributed by atoms with E-state index >= 15 is 0 Å². The van der Waals surface area contributed by atoms with Crippen molar-refractivity contribution in [1.29, 1.82) is 0 Å². The van der Waals surface area contributed by atoms with Crippen LogP contribution in [0.3, 0.4) is 0 Å². The lowest BCUT2D eigenvalue weighted by Crippen LogP contribution is -2.62. The summed E-state index contributed by atoms with van der Waals surface area (Å²) in [7, 11) is 0. The number of nitrogens with two attached hydrogens (primary N) is 1. The number of likely N-dealkylation sites (tertiary alicyclic amines) is 1. The van der Waals surface area contributed by atoms with E-state index in [0.717, 1.165) is 89.3 Å². The first-order valence-electron chi connectivity index (χ1n) is 11.7. The van der Waals surface area contributed by atoms with Gasteiger partial charge in [0, 0.05) is 69.5 Å². The highest BCUT2D eigenvalue weighted by Gasteiger charge is 2.46. The molecule has 7 heteroatoms. The number of hydrogen-bond acceptors (Lipinski definition) is 5. The summed E-state index contributed by atoms with van der Waals surface area (Å²) in [6.45, 7) is 10.4. The van der Waals surface area contributed by atoms with Crippen LogP contribution < -0.4 is 11.3 Å². The summed E-state index contributed by atoms with van der Waals surface area (Å²) in [4.78, 5) is 33.1. The minimum atomic E-state index is -0.628. The van der Waals surface area contributed by atoms with Crippen LogP contribution in [0.4, 0.5) is 0 Å². The fourth-order valence-electron chi connectivity index (χ4n) is 5.87. The Hall–Kier alpha value is -1.70. The van der Waals surface area contributed by atoms with Gasteiger partial charge in [-0.1, -0.05) is 13.0 Å². The number of fused-ring (bicyclic) bond motifs is 4. The van der Waals surface area contributed by atoms with Crippen LogP contribution >= 0.6 is 0 Å². The molecule has 1 aliphatic carbocycles. The van der Waals surface area contributed by atoms with E-state index in [0.29, 0.717) is 12.5 Å². The maximum absolute atomic E-state index is 13.3.